The zero-order valence-corrected chi connectivity index (χ0v) is 12.7. The van der Waals surface area contributed by atoms with E-state index >= 15 is 0 Å². The lowest BCUT2D eigenvalue weighted by molar-refractivity contribution is -0.129. The first kappa shape index (κ1) is 15.9. The number of carbonyl (C=O) groups is 2. The number of carbonyl (C=O) groups excluding carboxylic acids is 2. The minimum absolute atomic E-state index is 0.142. The average Bonchev–Trinajstić information content (AvgIpc) is 2.60. The molecule has 2 bridgehead atoms. The van der Waals surface area contributed by atoms with Crippen LogP contribution in [0.3, 0.4) is 0 Å². The smallest absolute Gasteiger partial charge is 0.309 e. The van der Waals surface area contributed by atoms with Crippen LogP contribution in [-0.4, -0.2) is 60.5 Å². The van der Waals surface area contributed by atoms with Gasteiger partial charge in [-0.3, -0.25) is 14.8 Å². The van der Waals surface area contributed by atoms with Gasteiger partial charge >= 0.3 is 16.4 Å². The molecule has 120 valence electrons. The molecule has 2 rings (SSSR count). The van der Waals surface area contributed by atoms with Gasteiger partial charge in [-0.25, -0.2) is 10.2 Å². The quantitative estimate of drug-likeness (QED) is 0.441. The van der Waals surface area contributed by atoms with Crippen LogP contribution in [0.15, 0.2) is 0 Å². The summed E-state index contributed by atoms with van der Waals surface area (Å²) in [6.45, 7) is 3.74. The lowest BCUT2D eigenvalue weighted by Crippen LogP contribution is -2.56. The van der Waals surface area contributed by atoms with Crippen LogP contribution in [0.5, 0.6) is 0 Å². The highest BCUT2D eigenvalue weighted by Gasteiger charge is 2.56. The molecule has 10 nitrogen and oxygen atoms in total. The summed E-state index contributed by atoms with van der Waals surface area (Å²) in [6.07, 6.45) is 0.336. The molecule has 2 atom stereocenters. The van der Waals surface area contributed by atoms with E-state index in [-0.39, 0.29) is 6.54 Å². The van der Waals surface area contributed by atoms with Gasteiger partial charge in [0.1, 0.15) is 6.04 Å². The van der Waals surface area contributed by atoms with E-state index in [9.17, 15) is 18.0 Å². The van der Waals surface area contributed by atoms with E-state index in [4.69, 9.17) is 4.55 Å². The Morgan fingerprint density at radius 2 is 2.10 bits per heavy atom. The summed E-state index contributed by atoms with van der Waals surface area (Å²) in [5.74, 6) is -0.397. The van der Waals surface area contributed by atoms with Crippen molar-refractivity contribution in [3.63, 3.8) is 0 Å². The van der Waals surface area contributed by atoms with Crippen molar-refractivity contribution in [1.29, 1.82) is 0 Å². The summed E-state index contributed by atoms with van der Waals surface area (Å²) < 4.78 is 34.9. The predicted octanol–water partition coefficient (Wildman–Crippen LogP) is -1.12. The van der Waals surface area contributed by atoms with Crippen molar-refractivity contribution in [3.05, 3.63) is 0 Å². The number of urea groups is 1. The zero-order valence-electron chi connectivity index (χ0n) is 11.9. The van der Waals surface area contributed by atoms with E-state index in [1.165, 1.54) is 11.9 Å². The minimum atomic E-state index is -4.81. The SMILES string of the molecule is CNNC(=O)C1CC(C)(C)C2CN1C(=O)N2OS(=O)(=O)O. The van der Waals surface area contributed by atoms with E-state index in [2.05, 4.69) is 15.1 Å². The average molecular weight is 322 g/mol. The first-order valence-corrected chi connectivity index (χ1v) is 7.67. The Morgan fingerprint density at radius 1 is 1.48 bits per heavy atom. The number of piperidine rings is 1. The maximum atomic E-state index is 12.2. The van der Waals surface area contributed by atoms with E-state index in [1.54, 1.807) is 13.8 Å². The fourth-order valence-electron chi connectivity index (χ4n) is 2.79. The molecule has 2 saturated heterocycles. The normalized spacial score (nSPS) is 27.9. The summed E-state index contributed by atoms with van der Waals surface area (Å²) in [7, 11) is -3.29. The van der Waals surface area contributed by atoms with Crippen LogP contribution < -0.4 is 10.9 Å². The molecule has 2 aliphatic heterocycles. The lowest BCUT2D eigenvalue weighted by Gasteiger charge is -2.40. The Labute approximate surface area is 122 Å². The van der Waals surface area contributed by atoms with Crippen LogP contribution in [0.1, 0.15) is 20.3 Å². The first-order chi connectivity index (χ1) is 9.57. The van der Waals surface area contributed by atoms with Crippen molar-refractivity contribution in [2.75, 3.05) is 13.6 Å². The summed E-state index contributed by atoms with van der Waals surface area (Å²) in [6, 6.07) is -2.09. The molecule has 3 N–H and O–H groups in total. The van der Waals surface area contributed by atoms with Crippen molar-refractivity contribution in [1.82, 2.24) is 20.8 Å². The second-order valence-electron chi connectivity index (χ2n) is 5.73. The summed E-state index contributed by atoms with van der Waals surface area (Å²) in [5, 5.41) is 0.627. The molecule has 2 aliphatic rings. The Hall–Kier alpha value is -1.43. The fourth-order valence-corrected chi connectivity index (χ4v) is 3.16. The molecule has 0 saturated carbocycles. The second kappa shape index (κ2) is 5.09. The largest absolute Gasteiger partial charge is 0.418 e. The van der Waals surface area contributed by atoms with Gasteiger partial charge < -0.3 is 4.90 Å². The maximum absolute atomic E-state index is 12.2. The highest BCUT2D eigenvalue weighted by Crippen LogP contribution is 2.42. The first-order valence-electron chi connectivity index (χ1n) is 6.30. The number of nitrogens with zero attached hydrogens (tertiary/aromatic N) is 2. The number of amides is 3. The number of fused-ring (bicyclic) bond motifs is 2. The molecule has 0 spiro atoms. The molecular weight excluding hydrogens is 304 g/mol. The zero-order chi connectivity index (χ0) is 16.0. The number of nitrogens with one attached hydrogen (secondary N) is 2. The van der Waals surface area contributed by atoms with E-state index in [1.807, 2.05) is 0 Å². The van der Waals surface area contributed by atoms with Gasteiger partial charge in [-0.15, -0.1) is 4.28 Å². The van der Waals surface area contributed by atoms with E-state index in [0.29, 0.717) is 11.5 Å². The van der Waals surface area contributed by atoms with Crippen LogP contribution in [-0.2, 0) is 19.5 Å². The summed E-state index contributed by atoms with van der Waals surface area (Å²) in [5.41, 5.74) is 4.34. The topological polar surface area (TPSA) is 128 Å². The molecule has 11 heteroatoms. The predicted molar refractivity (Wildman–Crippen MR) is 69.8 cm³/mol. The third kappa shape index (κ3) is 2.95. The number of hydrogen-bond acceptors (Lipinski definition) is 6. The van der Waals surface area contributed by atoms with E-state index in [0.717, 1.165) is 0 Å². The Morgan fingerprint density at radius 3 is 2.62 bits per heavy atom. The van der Waals surface area contributed by atoms with Crippen molar-refractivity contribution >= 4 is 22.3 Å². The van der Waals surface area contributed by atoms with Crippen LogP contribution >= 0.6 is 0 Å². The summed E-state index contributed by atoms with van der Waals surface area (Å²) >= 11 is 0. The molecule has 0 aromatic rings. The maximum Gasteiger partial charge on any atom is 0.418 e. The molecule has 2 fully saturated rings. The number of rotatable bonds is 4. The van der Waals surface area contributed by atoms with Gasteiger partial charge in [0.2, 0.25) is 0 Å². The van der Waals surface area contributed by atoms with Gasteiger partial charge in [-0.05, 0) is 11.8 Å². The van der Waals surface area contributed by atoms with Crippen molar-refractivity contribution in [2.45, 2.75) is 32.4 Å². The van der Waals surface area contributed by atoms with Crippen LogP contribution in [0.2, 0.25) is 0 Å². The standard InChI is InChI=1S/C10H18N4O6S/c1-10(2)4-6(8(15)12-11-3)13-5-7(10)14(9(13)16)20-21(17,18)19/h6-7,11H,4-5H2,1-3H3,(H,12,15)(H,17,18,19). The third-order valence-corrected chi connectivity index (χ3v) is 4.16. The van der Waals surface area contributed by atoms with Gasteiger partial charge in [0.15, 0.2) is 0 Å². The highest BCUT2D eigenvalue weighted by atomic mass is 32.3. The molecule has 2 unspecified atom stereocenters. The van der Waals surface area contributed by atoms with Crippen LogP contribution in [0, 0.1) is 5.41 Å². The molecule has 2 heterocycles. The third-order valence-electron chi connectivity index (χ3n) is 3.81. The molecule has 0 aromatic carbocycles. The van der Waals surface area contributed by atoms with Crippen molar-refractivity contribution in [2.24, 2.45) is 5.41 Å². The summed E-state index contributed by atoms with van der Waals surface area (Å²) in [4.78, 5) is 25.5. The molecule has 0 aliphatic carbocycles. The minimum Gasteiger partial charge on any atom is -0.309 e. The Balaban J connectivity index is 2.31. The molecular formula is C10H18N4O6S. The van der Waals surface area contributed by atoms with Gasteiger partial charge in [0.05, 0.1) is 6.04 Å². The molecule has 3 amide bonds. The number of hydrogen-bond donors (Lipinski definition) is 3. The fraction of sp³-hybridized carbons (Fsp3) is 0.800. The monoisotopic (exact) mass is 322 g/mol. The van der Waals surface area contributed by atoms with Crippen molar-refractivity contribution in [3.8, 4) is 0 Å². The van der Waals surface area contributed by atoms with E-state index < -0.39 is 39.8 Å². The molecule has 21 heavy (non-hydrogen) atoms. The molecule has 0 aromatic heterocycles. The Bertz CT molecular complexity index is 562. The Kier molecular flexibility index (Phi) is 3.86. The second-order valence-corrected chi connectivity index (χ2v) is 6.73. The van der Waals surface area contributed by atoms with Crippen LogP contribution in [0.25, 0.3) is 0 Å². The van der Waals surface area contributed by atoms with Gasteiger partial charge in [0, 0.05) is 13.6 Å². The van der Waals surface area contributed by atoms with Gasteiger partial charge in [-0.2, -0.15) is 13.5 Å². The molecule has 0 radical (unpaired) electrons. The van der Waals surface area contributed by atoms with Crippen LogP contribution in [0.4, 0.5) is 4.79 Å². The number of hydrazine groups is 1. The van der Waals surface area contributed by atoms with Gasteiger partial charge in [0.25, 0.3) is 5.91 Å². The van der Waals surface area contributed by atoms with Gasteiger partial charge in [-0.1, -0.05) is 13.8 Å². The highest BCUT2D eigenvalue weighted by molar-refractivity contribution is 7.80. The lowest BCUT2D eigenvalue weighted by atomic mass is 9.76. The van der Waals surface area contributed by atoms with Crippen molar-refractivity contribution < 1.29 is 26.8 Å². The number of hydroxylamine groups is 2.